The first kappa shape index (κ1) is 13.3. The van der Waals surface area contributed by atoms with Crippen LogP contribution in [0.5, 0.6) is 5.75 Å². The molecule has 0 radical (unpaired) electrons. The molecule has 0 spiro atoms. The van der Waals surface area contributed by atoms with Crippen LogP contribution in [0.3, 0.4) is 0 Å². The molecule has 1 fully saturated rings. The predicted molar refractivity (Wildman–Crippen MR) is 68.5 cm³/mol. The fourth-order valence-electron chi connectivity index (χ4n) is 2.90. The van der Waals surface area contributed by atoms with Gasteiger partial charge in [0, 0.05) is 12.0 Å². The van der Waals surface area contributed by atoms with Crippen LogP contribution in [0.1, 0.15) is 37.4 Å². The van der Waals surface area contributed by atoms with Gasteiger partial charge in [-0.1, -0.05) is 0 Å². The van der Waals surface area contributed by atoms with Crippen molar-refractivity contribution in [3.63, 3.8) is 0 Å². The summed E-state index contributed by atoms with van der Waals surface area (Å²) in [6.45, 7) is 0. The van der Waals surface area contributed by atoms with Crippen LogP contribution in [0.15, 0.2) is 18.2 Å². The second-order valence-corrected chi connectivity index (χ2v) is 5.41. The summed E-state index contributed by atoms with van der Waals surface area (Å²) in [5.41, 5.74) is 1.45. The highest BCUT2D eigenvalue weighted by Gasteiger charge is 2.41. The Balaban J connectivity index is 1.76. The Bertz CT molecular complexity index is 612. The topological polar surface area (TPSA) is 48.9 Å². The number of imidazole rings is 1. The van der Waals surface area contributed by atoms with Crippen LogP contribution in [0.4, 0.5) is 13.2 Å². The SMILES string of the molecule is Oc1ccc2nc(C3CCC(C(F)(F)F)CC3)[nH]c2c1. The number of H-pyrrole nitrogens is 1. The highest BCUT2D eigenvalue weighted by Crippen LogP contribution is 2.42. The monoisotopic (exact) mass is 284 g/mol. The van der Waals surface area contributed by atoms with Crippen LogP contribution >= 0.6 is 0 Å². The average Bonchev–Trinajstić information content (AvgIpc) is 2.80. The number of benzene rings is 1. The zero-order chi connectivity index (χ0) is 14.3. The number of aromatic hydroxyl groups is 1. The van der Waals surface area contributed by atoms with E-state index in [9.17, 15) is 18.3 Å². The minimum atomic E-state index is -4.08. The minimum absolute atomic E-state index is 0.0446. The van der Waals surface area contributed by atoms with Gasteiger partial charge in [0.2, 0.25) is 0 Å². The van der Waals surface area contributed by atoms with Crippen LogP contribution in [0.25, 0.3) is 11.0 Å². The van der Waals surface area contributed by atoms with Crippen LogP contribution in [0, 0.1) is 5.92 Å². The third-order valence-electron chi connectivity index (χ3n) is 4.06. The summed E-state index contributed by atoms with van der Waals surface area (Å²) in [7, 11) is 0. The standard InChI is InChI=1S/C14H15F3N2O/c15-14(16,17)9-3-1-8(2-4-9)13-18-11-6-5-10(20)7-12(11)19-13/h5-9,20H,1-4H2,(H,18,19). The van der Waals surface area contributed by atoms with E-state index in [1.165, 1.54) is 0 Å². The molecule has 20 heavy (non-hydrogen) atoms. The molecule has 1 aliphatic rings. The number of rotatable bonds is 1. The lowest BCUT2D eigenvalue weighted by Gasteiger charge is -2.28. The molecule has 1 aliphatic carbocycles. The number of alkyl halides is 3. The van der Waals surface area contributed by atoms with Crippen molar-refractivity contribution < 1.29 is 18.3 Å². The lowest BCUT2D eigenvalue weighted by Crippen LogP contribution is -2.27. The third kappa shape index (κ3) is 2.46. The van der Waals surface area contributed by atoms with Gasteiger partial charge in [0.25, 0.3) is 0 Å². The summed E-state index contributed by atoms with van der Waals surface area (Å²) in [5, 5.41) is 9.40. The minimum Gasteiger partial charge on any atom is -0.508 e. The molecule has 0 saturated heterocycles. The van der Waals surface area contributed by atoms with Gasteiger partial charge in [-0.05, 0) is 37.8 Å². The zero-order valence-electron chi connectivity index (χ0n) is 10.7. The number of halogens is 3. The van der Waals surface area contributed by atoms with Gasteiger partial charge in [0.05, 0.1) is 17.0 Å². The van der Waals surface area contributed by atoms with E-state index in [1.807, 2.05) is 0 Å². The van der Waals surface area contributed by atoms with E-state index in [2.05, 4.69) is 9.97 Å². The van der Waals surface area contributed by atoms with Gasteiger partial charge in [-0.2, -0.15) is 13.2 Å². The molecular formula is C14H15F3N2O. The molecule has 6 heteroatoms. The number of aromatic amines is 1. The maximum absolute atomic E-state index is 12.6. The van der Waals surface area contributed by atoms with Gasteiger partial charge < -0.3 is 10.1 Å². The van der Waals surface area contributed by atoms with Crippen molar-refractivity contribution in [2.45, 2.75) is 37.8 Å². The molecule has 1 saturated carbocycles. The number of aromatic nitrogens is 2. The first-order valence-electron chi connectivity index (χ1n) is 6.69. The number of nitrogens with zero attached hydrogens (tertiary/aromatic N) is 1. The Morgan fingerprint density at radius 1 is 1.15 bits per heavy atom. The van der Waals surface area contributed by atoms with E-state index in [4.69, 9.17) is 0 Å². The van der Waals surface area contributed by atoms with Gasteiger partial charge >= 0.3 is 6.18 Å². The highest BCUT2D eigenvalue weighted by atomic mass is 19.4. The Morgan fingerprint density at radius 3 is 2.50 bits per heavy atom. The van der Waals surface area contributed by atoms with Crippen molar-refractivity contribution in [1.29, 1.82) is 0 Å². The number of fused-ring (bicyclic) bond motifs is 1. The Hall–Kier alpha value is -1.72. The largest absolute Gasteiger partial charge is 0.508 e. The van der Waals surface area contributed by atoms with Crippen LogP contribution < -0.4 is 0 Å². The van der Waals surface area contributed by atoms with Crippen LogP contribution in [-0.4, -0.2) is 21.3 Å². The van der Waals surface area contributed by atoms with E-state index in [0.29, 0.717) is 12.8 Å². The molecule has 1 aromatic heterocycles. The smallest absolute Gasteiger partial charge is 0.391 e. The second-order valence-electron chi connectivity index (χ2n) is 5.41. The molecule has 1 aromatic carbocycles. The summed E-state index contributed by atoms with van der Waals surface area (Å²) >= 11 is 0. The molecule has 0 amide bonds. The van der Waals surface area contributed by atoms with Crippen LogP contribution in [-0.2, 0) is 0 Å². The molecular weight excluding hydrogens is 269 g/mol. The average molecular weight is 284 g/mol. The van der Waals surface area contributed by atoms with E-state index < -0.39 is 12.1 Å². The van der Waals surface area contributed by atoms with Crippen molar-refractivity contribution in [3.8, 4) is 5.75 Å². The summed E-state index contributed by atoms with van der Waals surface area (Å²) in [4.78, 5) is 7.52. The lowest BCUT2D eigenvalue weighted by atomic mass is 9.81. The van der Waals surface area contributed by atoms with Crippen molar-refractivity contribution in [2.75, 3.05) is 0 Å². The van der Waals surface area contributed by atoms with E-state index >= 15 is 0 Å². The molecule has 0 aliphatic heterocycles. The maximum Gasteiger partial charge on any atom is 0.391 e. The lowest BCUT2D eigenvalue weighted by molar-refractivity contribution is -0.182. The van der Waals surface area contributed by atoms with Crippen molar-refractivity contribution >= 4 is 11.0 Å². The highest BCUT2D eigenvalue weighted by molar-refractivity contribution is 5.76. The molecule has 3 rings (SSSR count). The molecule has 108 valence electrons. The summed E-state index contributed by atoms with van der Waals surface area (Å²) in [6, 6.07) is 4.83. The van der Waals surface area contributed by atoms with E-state index in [0.717, 1.165) is 16.9 Å². The normalized spacial score (nSPS) is 24.1. The molecule has 2 N–H and O–H groups in total. The Kier molecular flexibility index (Phi) is 3.11. The van der Waals surface area contributed by atoms with Gasteiger partial charge in [-0.15, -0.1) is 0 Å². The molecule has 1 heterocycles. The number of phenols is 1. The number of hydrogen-bond donors (Lipinski definition) is 2. The first-order chi connectivity index (χ1) is 9.43. The molecule has 0 atom stereocenters. The van der Waals surface area contributed by atoms with Gasteiger partial charge in [-0.25, -0.2) is 4.98 Å². The van der Waals surface area contributed by atoms with E-state index in [-0.39, 0.29) is 24.5 Å². The Morgan fingerprint density at radius 2 is 1.85 bits per heavy atom. The molecule has 0 unspecified atom stereocenters. The second kappa shape index (κ2) is 4.68. The van der Waals surface area contributed by atoms with Crippen molar-refractivity contribution in [2.24, 2.45) is 5.92 Å². The van der Waals surface area contributed by atoms with Crippen molar-refractivity contribution in [1.82, 2.24) is 9.97 Å². The molecule has 2 aromatic rings. The van der Waals surface area contributed by atoms with Gasteiger partial charge in [0.15, 0.2) is 0 Å². The third-order valence-corrected chi connectivity index (χ3v) is 4.06. The van der Waals surface area contributed by atoms with Crippen LogP contribution in [0.2, 0.25) is 0 Å². The van der Waals surface area contributed by atoms with Gasteiger partial charge in [0.1, 0.15) is 11.6 Å². The first-order valence-corrected chi connectivity index (χ1v) is 6.69. The van der Waals surface area contributed by atoms with Crippen molar-refractivity contribution in [3.05, 3.63) is 24.0 Å². The number of hydrogen-bond acceptors (Lipinski definition) is 2. The van der Waals surface area contributed by atoms with E-state index in [1.54, 1.807) is 18.2 Å². The fourth-order valence-corrected chi connectivity index (χ4v) is 2.90. The number of nitrogens with one attached hydrogen (secondary N) is 1. The number of phenolic OH excluding ortho intramolecular Hbond substituents is 1. The summed E-state index contributed by atoms with van der Waals surface area (Å²) in [6.07, 6.45) is -2.76. The quantitative estimate of drug-likeness (QED) is 0.828. The maximum atomic E-state index is 12.6. The fraction of sp³-hybridized carbons (Fsp3) is 0.500. The summed E-state index contributed by atoms with van der Waals surface area (Å²) < 4.78 is 37.9. The Labute approximate surface area is 113 Å². The molecule has 3 nitrogen and oxygen atoms in total. The van der Waals surface area contributed by atoms with Gasteiger partial charge in [-0.3, -0.25) is 0 Å². The molecule has 0 bridgehead atoms. The summed E-state index contributed by atoms with van der Waals surface area (Å²) in [5.74, 6) is -0.255. The zero-order valence-corrected chi connectivity index (χ0v) is 10.7. The predicted octanol–water partition coefficient (Wildman–Crippen LogP) is 4.10.